The van der Waals surface area contributed by atoms with Gasteiger partial charge in [-0.1, -0.05) is 36.5 Å². The van der Waals surface area contributed by atoms with Crippen LogP contribution in [0.3, 0.4) is 0 Å². The highest BCUT2D eigenvalue weighted by molar-refractivity contribution is 6.34. The standard InChI is InChI=1S/C10H11Cl2O/c1-2-3-4-13-10-6-8(11)5-9(12)7-10/h5-7H,1-4H2. The van der Waals surface area contributed by atoms with E-state index in [0.29, 0.717) is 22.4 Å². The molecule has 1 aromatic rings. The lowest BCUT2D eigenvalue weighted by molar-refractivity contribution is 0.312. The minimum atomic E-state index is 0.595. The first kappa shape index (κ1) is 10.7. The van der Waals surface area contributed by atoms with Crippen LogP contribution < -0.4 is 4.74 Å². The molecule has 0 unspecified atom stereocenters. The van der Waals surface area contributed by atoms with Crippen molar-refractivity contribution in [3.63, 3.8) is 0 Å². The maximum atomic E-state index is 5.79. The highest BCUT2D eigenvalue weighted by Crippen LogP contribution is 2.24. The molecule has 1 aromatic carbocycles. The summed E-state index contributed by atoms with van der Waals surface area (Å²) in [6, 6.07) is 5.17. The Labute approximate surface area is 88.6 Å². The van der Waals surface area contributed by atoms with Crippen LogP contribution in [0.2, 0.25) is 10.0 Å². The Hall–Kier alpha value is -0.400. The fourth-order valence-corrected chi connectivity index (χ4v) is 1.41. The molecule has 1 radical (unpaired) electrons. The Morgan fingerprint density at radius 1 is 1.15 bits per heavy atom. The van der Waals surface area contributed by atoms with Gasteiger partial charge >= 0.3 is 0 Å². The number of unbranched alkanes of at least 4 members (excludes halogenated alkanes) is 1. The second kappa shape index (κ2) is 5.36. The van der Waals surface area contributed by atoms with Gasteiger partial charge in [-0.2, -0.15) is 0 Å². The summed E-state index contributed by atoms with van der Waals surface area (Å²) in [6.07, 6.45) is 1.80. The zero-order valence-corrected chi connectivity index (χ0v) is 8.74. The Kier molecular flexibility index (Phi) is 4.40. The predicted octanol–water partition coefficient (Wildman–Crippen LogP) is 3.99. The van der Waals surface area contributed by atoms with Gasteiger partial charge in [-0.3, -0.25) is 0 Å². The molecule has 0 aromatic heterocycles. The third kappa shape index (κ3) is 3.88. The normalized spacial score (nSPS) is 10.1. The van der Waals surface area contributed by atoms with Crippen molar-refractivity contribution in [2.24, 2.45) is 0 Å². The van der Waals surface area contributed by atoms with Crippen molar-refractivity contribution in [1.29, 1.82) is 0 Å². The molecular formula is C10H11Cl2O. The highest BCUT2D eigenvalue weighted by Gasteiger charge is 1.98. The molecule has 71 valence electrons. The average molecular weight is 218 g/mol. The molecule has 0 N–H and O–H groups in total. The van der Waals surface area contributed by atoms with Crippen LogP contribution >= 0.6 is 23.2 Å². The van der Waals surface area contributed by atoms with Crippen LogP contribution in [-0.2, 0) is 0 Å². The molecule has 0 aliphatic rings. The van der Waals surface area contributed by atoms with Gasteiger partial charge < -0.3 is 4.74 Å². The van der Waals surface area contributed by atoms with Crippen LogP contribution in [0, 0.1) is 6.92 Å². The Bertz CT molecular complexity index is 253. The second-order valence-electron chi connectivity index (χ2n) is 2.66. The van der Waals surface area contributed by atoms with Crippen molar-refractivity contribution in [3.8, 4) is 5.75 Å². The summed E-state index contributed by atoms with van der Waals surface area (Å²) >= 11 is 11.6. The van der Waals surface area contributed by atoms with E-state index in [-0.39, 0.29) is 0 Å². The van der Waals surface area contributed by atoms with Crippen LogP contribution in [0.25, 0.3) is 0 Å². The van der Waals surface area contributed by atoms with Gasteiger partial charge in [-0.25, -0.2) is 0 Å². The number of ether oxygens (including phenoxy) is 1. The van der Waals surface area contributed by atoms with E-state index < -0.39 is 0 Å². The van der Waals surface area contributed by atoms with E-state index in [0.717, 1.165) is 12.8 Å². The maximum absolute atomic E-state index is 5.79. The van der Waals surface area contributed by atoms with Gasteiger partial charge in [-0.05, 0) is 24.6 Å². The van der Waals surface area contributed by atoms with Crippen LogP contribution in [0.5, 0.6) is 5.75 Å². The predicted molar refractivity (Wildman–Crippen MR) is 56.5 cm³/mol. The van der Waals surface area contributed by atoms with Crippen LogP contribution in [0.1, 0.15) is 12.8 Å². The number of benzene rings is 1. The Morgan fingerprint density at radius 2 is 1.77 bits per heavy atom. The molecule has 0 fully saturated rings. The number of halogens is 2. The average Bonchev–Trinajstić information content (AvgIpc) is 2.03. The third-order valence-corrected chi connectivity index (χ3v) is 1.94. The number of rotatable bonds is 4. The molecule has 13 heavy (non-hydrogen) atoms. The van der Waals surface area contributed by atoms with Crippen molar-refractivity contribution >= 4 is 23.2 Å². The smallest absolute Gasteiger partial charge is 0.122 e. The quantitative estimate of drug-likeness (QED) is 0.694. The fraction of sp³-hybridized carbons (Fsp3) is 0.300. The minimum absolute atomic E-state index is 0.595. The van der Waals surface area contributed by atoms with Gasteiger partial charge in [0, 0.05) is 10.0 Å². The van der Waals surface area contributed by atoms with Gasteiger partial charge in [0.15, 0.2) is 0 Å². The largest absolute Gasteiger partial charge is 0.493 e. The van der Waals surface area contributed by atoms with Crippen molar-refractivity contribution in [1.82, 2.24) is 0 Å². The second-order valence-corrected chi connectivity index (χ2v) is 3.53. The molecule has 0 spiro atoms. The lowest BCUT2D eigenvalue weighted by Crippen LogP contribution is -1.96. The molecule has 0 saturated carbocycles. The van der Waals surface area contributed by atoms with Crippen molar-refractivity contribution in [2.75, 3.05) is 6.61 Å². The molecule has 1 rings (SSSR count). The van der Waals surface area contributed by atoms with E-state index in [4.69, 9.17) is 27.9 Å². The van der Waals surface area contributed by atoms with E-state index in [1.165, 1.54) is 0 Å². The van der Waals surface area contributed by atoms with E-state index in [1.54, 1.807) is 18.2 Å². The van der Waals surface area contributed by atoms with E-state index >= 15 is 0 Å². The van der Waals surface area contributed by atoms with Crippen LogP contribution in [0.4, 0.5) is 0 Å². The monoisotopic (exact) mass is 217 g/mol. The number of hydrogen-bond acceptors (Lipinski definition) is 1. The van der Waals surface area contributed by atoms with E-state index in [2.05, 4.69) is 6.92 Å². The Morgan fingerprint density at radius 3 is 2.31 bits per heavy atom. The summed E-state index contributed by atoms with van der Waals surface area (Å²) < 4.78 is 5.40. The SMILES string of the molecule is [CH2]CCCOc1cc(Cl)cc(Cl)c1. The summed E-state index contributed by atoms with van der Waals surface area (Å²) in [4.78, 5) is 0. The molecule has 0 aliphatic heterocycles. The molecule has 0 bridgehead atoms. The third-order valence-electron chi connectivity index (χ3n) is 1.50. The summed E-state index contributed by atoms with van der Waals surface area (Å²) in [5.41, 5.74) is 0. The first-order valence-electron chi connectivity index (χ1n) is 4.10. The van der Waals surface area contributed by atoms with Crippen molar-refractivity contribution in [3.05, 3.63) is 35.2 Å². The maximum Gasteiger partial charge on any atom is 0.122 e. The zero-order valence-electron chi connectivity index (χ0n) is 7.22. The van der Waals surface area contributed by atoms with Gasteiger partial charge in [0.2, 0.25) is 0 Å². The lowest BCUT2D eigenvalue weighted by Gasteiger charge is -2.05. The highest BCUT2D eigenvalue weighted by atomic mass is 35.5. The van der Waals surface area contributed by atoms with Gasteiger partial charge in [0.25, 0.3) is 0 Å². The first-order chi connectivity index (χ1) is 6.22. The van der Waals surface area contributed by atoms with Crippen molar-refractivity contribution < 1.29 is 4.74 Å². The van der Waals surface area contributed by atoms with E-state index in [1.807, 2.05) is 0 Å². The molecule has 0 aliphatic carbocycles. The molecule has 0 atom stereocenters. The van der Waals surface area contributed by atoms with Crippen LogP contribution in [0.15, 0.2) is 18.2 Å². The van der Waals surface area contributed by atoms with Crippen LogP contribution in [-0.4, -0.2) is 6.61 Å². The van der Waals surface area contributed by atoms with E-state index in [9.17, 15) is 0 Å². The van der Waals surface area contributed by atoms with Gasteiger partial charge in [0.1, 0.15) is 5.75 Å². The molecule has 0 heterocycles. The summed E-state index contributed by atoms with van der Waals surface area (Å²) in [5.74, 6) is 0.714. The summed E-state index contributed by atoms with van der Waals surface area (Å²) in [6.45, 7) is 4.37. The summed E-state index contributed by atoms with van der Waals surface area (Å²) in [7, 11) is 0. The molecule has 0 saturated heterocycles. The van der Waals surface area contributed by atoms with Crippen molar-refractivity contribution in [2.45, 2.75) is 12.8 Å². The molecule has 1 nitrogen and oxygen atoms in total. The molecule has 0 amide bonds. The van der Waals surface area contributed by atoms with Gasteiger partial charge in [0.05, 0.1) is 6.61 Å². The Balaban J connectivity index is 2.56. The molecule has 3 heteroatoms. The number of hydrogen-bond donors (Lipinski definition) is 0. The zero-order chi connectivity index (χ0) is 9.68. The fourth-order valence-electron chi connectivity index (χ4n) is 0.904. The summed E-state index contributed by atoms with van der Waals surface area (Å²) in [5, 5.41) is 1.19. The first-order valence-corrected chi connectivity index (χ1v) is 4.86. The topological polar surface area (TPSA) is 9.23 Å². The molecular weight excluding hydrogens is 207 g/mol. The van der Waals surface area contributed by atoms with Gasteiger partial charge in [-0.15, -0.1) is 0 Å². The minimum Gasteiger partial charge on any atom is -0.493 e. The lowest BCUT2D eigenvalue weighted by atomic mass is 10.3.